The molecule has 2 N–H and O–H groups in total. The SMILES string of the molecule is C[C@@H]1CN(C(=O)O)C[C@H]2Cc3ccc(COC(=O)Nc4ccccc4)nc3N21. The molecular weight excluding hydrogens is 360 g/mol. The Kier molecular flexibility index (Phi) is 4.77. The summed E-state index contributed by atoms with van der Waals surface area (Å²) in [6.45, 7) is 3.00. The maximum Gasteiger partial charge on any atom is 0.412 e. The van der Waals surface area contributed by atoms with Gasteiger partial charge in [-0.2, -0.15) is 0 Å². The second-order valence-electron chi connectivity index (χ2n) is 7.15. The van der Waals surface area contributed by atoms with Gasteiger partial charge in [-0.15, -0.1) is 0 Å². The first-order valence-electron chi connectivity index (χ1n) is 9.25. The van der Waals surface area contributed by atoms with Crippen molar-refractivity contribution in [2.75, 3.05) is 23.3 Å². The van der Waals surface area contributed by atoms with E-state index in [1.165, 1.54) is 4.90 Å². The van der Waals surface area contributed by atoms with E-state index in [2.05, 4.69) is 10.2 Å². The van der Waals surface area contributed by atoms with E-state index in [0.717, 1.165) is 17.8 Å². The number of anilines is 2. The Morgan fingerprint density at radius 1 is 1.21 bits per heavy atom. The predicted molar refractivity (Wildman–Crippen MR) is 104 cm³/mol. The van der Waals surface area contributed by atoms with E-state index in [4.69, 9.17) is 9.72 Å². The molecule has 28 heavy (non-hydrogen) atoms. The Hall–Kier alpha value is -3.29. The molecule has 8 nitrogen and oxygen atoms in total. The number of aromatic nitrogens is 1. The van der Waals surface area contributed by atoms with Gasteiger partial charge in [-0.25, -0.2) is 14.6 Å². The number of carbonyl (C=O) groups excluding carboxylic acids is 1. The van der Waals surface area contributed by atoms with Crippen molar-refractivity contribution in [1.29, 1.82) is 0 Å². The maximum absolute atomic E-state index is 12.0. The molecule has 2 atom stereocenters. The fraction of sp³-hybridized carbons (Fsp3) is 0.350. The first kappa shape index (κ1) is 18.1. The molecule has 0 bridgehead atoms. The van der Waals surface area contributed by atoms with Gasteiger partial charge in [0, 0.05) is 24.8 Å². The van der Waals surface area contributed by atoms with Gasteiger partial charge in [-0.3, -0.25) is 5.32 Å². The number of nitrogens with one attached hydrogen (secondary N) is 1. The molecule has 2 amide bonds. The number of pyridine rings is 1. The van der Waals surface area contributed by atoms with Crippen molar-refractivity contribution in [1.82, 2.24) is 9.88 Å². The molecule has 2 aliphatic rings. The second-order valence-corrected chi connectivity index (χ2v) is 7.15. The molecule has 0 spiro atoms. The molecule has 0 saturated carbocycles. The van der Waals surface area contributed by atoms with Gasteiger partial charge >= 0.3 is 12.2 Å². The fourth-order valence-electron chi connectivity index (χ4n) is 3.93. The van der Waals surface area contributed by atoms with E-state index < -0.39 is 12.2 Å². The largest absolute Gasteiger partial charge is 0.465 e. The Labute approximate surface area is 162 Å². The van der Waals surface area contributed by atoms with Crippen LogP contribution in [0.3, 0.4) is 0 Å². The number of carboxylic acid groups (broad SMARTS) is 1. The normalized spacial score (nSPS) is 20.3. The minimum Gasteiger partial charge on any atom is -0.465 e. The van der Waals surface area contributed by atoms with Crippen LogP contribution in [0, 0.1) is 0 Å². The Morgan fingerprint density at radius 2 is 2.00 bits per heavy atom. The minimum absolute atomic E-state index is 0.0427. The minimum atomic E-state index is -0.881. The highest BCUT2D eigenvalue weighted by molar-refractivity contribution is 5.84. The highest BCUT2D eigenvalue weighted by Crippen LogP contribution is 2.35. The number of nitrogens with zero attached hydrogens (tertiary/aromatic N) is 3. The molecule has 1 saturated heterocycles. The van der Waals surface area contributed by atoms with Crippen LogP contribution in [0.25, 0.3) is 0 Å². The van der Waals surface area contributed by atoms with Crippen LogP contribution in [0.1, 0.15) is 18.2 Å². The summed E-state index contributed by atoms with van der Waals surface area (Å²) in [5.41, 5.74) is 2.43. The van der Waals surface area contributed by atoms with Crippen molar-refractivity contribution in [2.24, 2.45) is 0 Å². The average molecular weight is 382 g/mol. The number of ether oxygens (including phenoxy) is 1. The summed E-state index contributed by atoms with van der Waals surface area (Å²) in [5.74, 6) is 0.868. The summed E-state index contributed by atoms with van der Waals surface area (Å²) >= 11 is 0. The third-order valence-corrected chi connectivity index (χ3v) is 5.14. The number of carbonyl (C=O) groups is 2. The third-order valence-electron chi connectivity index (χ3n) is 5.14. The number of hydrogen-bond donors (Lipinski definition) is 2. The van der Waals surface area contributed by atoms with E-state index in [9.17, 15) is 14.7 Å². The lowest BCUT2D eigenvalue weighted by molar-refractivity contribution is 0.128. The lowest BCUT2D eigenvalue weighted by Gasteiger charge is -2.42. The summed E-state index contributed by atoms with van der Waals surface area (Å²) in [5, 5.41) is 12.0. The van der Waals surface area contributed by atoms with E-state index >= 15 is 0 Å². The van der Waals surface area contributed by atoms with Crippen LogP contribution in [0.15, 0.2) is 42.5 Å². The highest BCUT2D eigenvalue weighted by atomic mass is 16.5. The molecule has 4 rings (SSSR count). The van der Waals surface area contributed by atoms with Crippen LogP contribution in [0.4, 0.5) is 21.1 Å². The van der Waals surface area contributed by atoms with E-state index in [0.29, 0.717) is 24.5 Å². The lowest BCUT2D eigenvalue weighted by Crippen LogP contribution is -2.58. The first-order chi connectivity index (χ1) is 13.5. The summed E-state index contributed by atoms with van der Waals surface area (Å²) in [6.07, 6.45) is -0.643. The first-order valence-corrected chi connectivity index (χ1v) is 9.25. The Morgan fingerprint density at radius 3 is 2.75 bits per heavy atom. The number of benzene rings is 1. The van der Waals surface area contributed by atoms with Crippen molar-refractivity contribution < 1.29 is 19.4 Å². The number of fused-ring (bicyclic) bond motifs is 3. The van der Waals surface area contributed by atoms with Gasteiger partial charge in [0.25, 0.3) is 0 Å². The summed E-state index contributed by atoms with van der Waals surface area (Å²) in [7, 11) is 0. The van der Waals surface area contributed by atoms with Gasteiger partial charge in [0.1, 0.15) is 12.4 Å². The highest BCUT2D eigenvalue weighted by Gasteiger charge is 2.40. The van der Waals surface area contributed by atoms with Crippen LogP contribution < -0.4 is 10.2 Å². The zero-order valence-corrected chi connectivity index (χ0v) is 15.5. The molecule has 2 aromatic rings. The van der Waals surface area contributed by atoms with Gasteiger partial charge in [0.2, 0.25) is 0 Å². The van der Waals surface area contributed by atoms with E-state index in [-0.39, 0.29) is 18.7 Å². The summed E-state index contributed by atoms with van der Waals surface area (Å²) in [4.78, 5) is 31.7. The van der Waals surface area contributed by atoms with E-state index in [1.54, 1.807) is 12.1 Å². The summed E-state index contributed by atoms with van der Waals surface area (Å²) < 4.78 is 5.29. The maximum atomic E-state index is 12.0. The molecule has 0 aliphatic carbocycles. The molecule has 146 valence electrons. The Balaban J connectivity index is 1.41. The lowest BCUT2D eigenvalue weighted by atomic mass is 10.1. The van der Waals surface area contributed by atoms with E-state index in [1.807, 2.05) is 37.3 Å². The van der Waals surface area contributed by atoms with Gasteiger partial charge in [-0.1, -0.05) is 24.3 Å². The predicted octanol–water partition coefficient (Wildman–Crippen LogP) is 2.94. The fourth-order valence-corrected chi connectivity index (χ4v) is 3.93. The zero-order chi connectivity index (χ0) is 19.7. The molecule has 0 radical (unpaired) electrons. The smallest absolute Gasteiger partial charge is 0.412 e. The molecule has 1 aromatic carbocycles. The number of amides is 2. The van der Waals surface area contributed by atoms with Crippen molar-refractivity contribution in [2.45, 2.75) is 32.0 Å². The molecule has 1 fully saturated rings. The van der Waals surface area contributed by atoms with Crippen LogP contribution >= 0.6 is 0 Å². The van der Waals surface area contributed by atoms with Crippen molar-refractivity contribution in [3.8, 4) is 0 Å². The average Bonchev–Trinajstić information content (AvgIpc) is 3.05. The number of hydrogen-bond acceptors (Lipinski definition) is 5. The number of rotatable bonds is 3. The van der Waals surface area contributed by atoms with Gasteiger partial charge in [0.05, 0.1) is 11.7 Å². The van der Waals surface area contributed by atoms with Crippen LogP contribution in [0.2, 0.25) is 0 Å². The standard InChI is InChI=1S/C20H22N4O4/c1-13-10-23(20(26)27)11-17-9-14-7-8-16(21-18(14)24(13)17)12-28-19(25)22-15-5-3-2-4-6-15/h2-8,13,17H,9-12H2,1H3,(H,22,25)(H,26,27)/t13-,17-/m1/s1. The van der Waals surface area contributed by atoms with Crippen molar-refractivity contribution in [3.63, 3.8) is 0 Å². The molecule has 0 unspecified atom stereocenters. The topological polar surface area (TPSA) is 95.0 Å². The zero-order valence-electron chi connectivity index (χ0n) is 15.5. The number of para-hydroxylation sites is 1. The van der Waals surface area contributed by atoms with Crippen molar-refractivity contribution in [3.05, 3.63) is 53.7 Å². The molecule has 8 heteroatoms. The summed E-state index contributed by atoms with van der Waals surface area (Å²) in [6, 6.07) is 13.1. The molecular formula is C20H22N4O4. The van der Waals surface area contributed by atoms with Crippen LogP contribution in [-0.4, -0.2) is 52.4 Å². The van der Waals surface area contributed by atoms with Gasteiger partial charge in [0.15, 0.2) is 0 Å². The third kappa shape index (κ3) is 3.58. The van der Waals surface area contributed by atoms with Crippen LogP contribution in [0.5, 0.6) is 0 Å². The molecule has 2 aliphatic heterocycles. The quantitative estimate of drug-likeness (QED) is 0.848. The number of piperazine rings is 1. The molecule has 3 heterocycles. The molecule has 1 aromatic heterocycles. The van der Waals surface area contributed by atoms with Crippen LogP contribution in [-0.2, 0) is 17.8 Å². The monoisotopic (exact) mass is 382 g/mol. The Bertz CT molecular complexity index is 889. The second kappa shape index (κ2) is 7.38. The van der Waals surface area contributed by atoms with Gasteiger partial charge < -0.3 is 19.6 Å². The van der Waals surface area contributed by atoms with Crippen molar-refractivity contribution >= 4 is 23.7 Å². The van der Waals surface area contributed by atoms with Gasteiger partial charge in [-0.05, 0) is 37.1 Å².